The molecule has 0 aliphatic rings. The summed E-state index contributed by atoms with van der Waals surface area (Å²) < 4.78 is 0. The van der Waals surface area contributed by atoms with Crippen LogP contribution in [-0.2, 0) is 0 Å². The van der Waals surface area contributed by atoms with E-state index in [4.69, 9.17) is 24.9 Å². The highest BCUT2D eigenvalue weighted by molar-refractivity contribution is 5.86. The average molecular weight is 882 g/mol. The van der Waals surface area contributed by atoms with E-state index >= 15 is 0 Å². The molecule has 2 aromatic heterocycles. The Morgan fingerprint density at radius 2 is 0.691 bits per heavy atom. The smallest absolute Gasteiger partial charge is 0.239 e. The zero-order valence-electron chi connectivity index (χ0n) is 39.2. The lowest BCUT2D eigenvalue weighted by Crippen LogP contribution is -2.18. The molecular weight excluding hydrogens is 831 g/mol. The van der Waals surface area contributed by atoms with E-state index in [1.165, 1.54) is 44.8 Å². The van der Waals surface area contributed by atoms with Crippen molar-refractivity contribution in [3.8, 4) is 56.5 Å². The van der Waals surface area contributed by atoms with Gasteiger partial charge in [-0.15, -0.1) is 0 Å². The fourth-order valence-corrected chi connectivity index (χ4v) is 9.32. The molecule has 0 aliphatic carbocycles. The summed E-state index contributed by atoms with van der Waals surface area (Å²) in [6.07, 6.45) is 0. The van der Waals surface area contributed by atoms with Crippen LogP contribution < -0.4 is 9.80 Å². The van der Waals surface area contributed by atoms with Crippen molar-refractivity contribution in [1.82, 2.24) is 24.9 Å². The van der Waals surface area contributed by atoms with Crippen LogP contribution in [0, 0.1) is 41.5 Å². The summed E-state index contributed by atoms with van der Waals surface area (Å²) in [5, 5.41) is 0. The minimum absolute atomic E-state index is 0.413. The number of benzene rings is 8. The van der Waals surface area contributed by atoms with Crippen LogP contribution in [0.5, 0.6) is 0 Å². The first-order valence-electron chi connectivity index (χ1n) is 23.0. The highest BCUT2D eigenvalue weighted by atomic mass is 15.3. The van der Waals surface area contributed by atoms with Gasteiger partial charge in [-0.1, -0.05) is 175 Å². The topological polar surface area (TPSA) is 70.9 Å². The minimum atomic E-state index is 0.413. The summed E-state index contributed by atoms with van der Waals surface area (Å²) in [4.78, 5) is 30.8. The Morgan fingerprint density at radius 3 is 1.19 bits per heavy atom. The quantitative estimate of drug-likeness (QED) is 0.128. The second-order valence-corrected chi connectivity index (χ2v) is 17.4. The van der Waals surface area contributed by atoms with Crippen molar-refractivity contribution in [2.75, 3.05) is 9.80 Å². The summed E-state index contributed by atoms with van der Waals surface area (Å²) in [5.41, 5.74) is 18.0. The Bertz CT molecular complexity index is 3230. The van der Waals surface area contributed by atoms with Gasteiger partial charge in [0.05, 0.1) is 22.8 Å². The molecule has 330 valence electrons. The van der Waals surface area contributed by atoms with Crippen LogP contribution in [0.3, 0.4) is 0 Å². The minimum Gasteiger partial charge on any atom is -0.309 e. The van der Waals surface area contributed by atoms with Gasteiger partial charge >= 0.3 is 0 Å². The molecule has 10 rings (SSSR count). The van der Waals surface area contributed by atoms with Gasteiger partial charge in [-0.25, -0.2) is 15.0 Å². The Morgan fingerprint density at radius 1 is 0.294 bits per heavy atom. The second-order valence-electron chi connectivity index (χ2n) is 17.4. The summed E-state index contributed by atoms with van der Waals surface area (Å²) in [5.74, 6) is 2.68. The summed E-state index contributed by atoms with van der Waals surface area (Å²) in [7, 11) is 0. The van der Waals surface area contributed by atoms with Crippen LogP contribution in [0.25, 0.3) is 56.5 Å². The Balaban J connectivity index is 1.22. The molecule has 8 aromatic carbocycles. The van der Waals surface area contributed by atoms with Gasteiger partial charge in [-0.3, -0.25) is 4.90 Å². The van der Waals surface area contributed by atoms with Gasteiger partial charge in [0, 0.05) is 34.0 Å². The van der Waals surface area contributed by atoms with Crippen LogP contribution in [0.4, 0.5) is 34.5 Å². The third-order valence-corrected chi connectivity index (χ3v) is 12.2. The second kappa shape index (κ2) is 18.7. The maximum atomic E-state index is 5.37. The zero-order valence-corrected chi connectivity index (χ0v) is 39.2. The number of rotatable bonds is 11. The van der Waals surface area contributed by atoms with Gasteiger partial charge in [-0.05, 0) is 105 Å². The molecule has 0 saturated carbocycles. The maximum absolute atomic E-state index is 5.37. The standard InChI is InChI=1S/C61H51N7/c1-40-34-42(3)56(43(4)35-40)68(57-44(5)36-41(2)37-45(57)6)53-32-30-52(31-33-53)67(55-39-54(47-22-13-8-14-23-47)62-58(63-55)48-24-15-9-16-25-48)61-65-59(49-26-17-10-18-27-49)64-60(66-61)51-29-19-28-50(38-51)46-20-11-7-12-21-46/h7-39H,1-6H3. The summed E-state index contributed by atoms with van der Waals surface area (Å²) in [6.45, 7) is 13.2. The molecule has 0 radical (unpaired) electrons. The Kier molecular flexibility index (Phi) is 11.9. The molecule has 0 amide bonds. The van der Waals surface area contributed by atoms with E-state index < -0.39 is 0 Å². The lowest BCUT2D eigenvalue weighted by atomic mass is 9.98. The van der Waals surface area contributed by atoms with Crippen LogP contribution >= 0.6 is 0 Å². The molecule has 0 N–H and O–H groups in total. The number of hydrogen-bond acceptors (Lipinski definition) is 7. The largest absolute Gasteiger partial charge is 0.309 e. The van der Waals surface area contributed by atoms with E-state index in [0.717, 1.165) is 50.4 Å². The van der Waals surface area contributed by atoms with Crippen LogP contribution in [0.15, 0.2) is 200 Å². The predicted octanol–water partition coefficient (Wildman–Crippen LogP) is 15.8. The monoisotopic (exact) mass is 881 g/mol. The Labute approximate surface area is 399 Å². The van der Waals surface area contributed by atoms with E-state index in [1.54, 1.807) is 0 Å². The van der Waals surface area contributed by atoms with Crippen LogP contribution in [0.2, 0.25) is 0 Å². The molecule has 0 saturated heterocycles. The average Bonchev–Trinajstić information content (AvgIpc) is 3.36. The predicted molar refractivity (Wildman–Crippen MR) is 280 cm³/mol. The van der Waals surface area contributed by atoms with Gasteiger partial charge in [0.1, 0.15) is 5.82 Å². The van der Waals surface area contributed by atoms with Gasteiger partial charge in [0.25, 0.3) is 0 Å². The zero-order chi connectivity index (χ0) is 46.7. The molecule has 0 unspecified atom stereocenters. The molecule has 0 spiro atoms. The summed E-state index contributed by atoms with van der Waals surface area (Å²) >= 11 is 0. The van der Waals surface area contributed by atoms with E-state index in [2.05, 4.69) is 156 Å². The lowest BCUT2D eigenvalue weighted by molar-refractivity contribution is 1.00. The molecule has 0 fully saturated rings. The fourth-order valence-electron chi connectivity index (χ4n) is 9.32. The fraction of sp³-hybridized carbons (Fsp3) is 0.0984. The molecular formula is C61H51N7. The van der Waals surface area contributed by atoms with Gasteiger partial charge in [-0.2, -0.15) is 9.97 Å². The van der Waals surface area contributed by atoms with Crippen molar-refractivity contribution in [1.29, 1.82) is 0 Å². The third-order valence-electron chi connectivity index (χ3n) is 12.2. The van der Waals surface area contributed by atoms with Crippen molar-refractivity contribution in [3.05, 3.63) is 234 Å². The summed E-state index contributed by atoms with van der Waals surface area (Å²) in [6, 6.07) is 69.0. The molecule has 10 aromatic rings. The number of nitrogens with zero attached hydrogens (tertiary/aromatic N) is 7. The first-order valence-corrected chi connectivity index (χ1v) is 23.0. The van der Waals surface area contributed by atoms with Gasteiger partial charge < -0.3 is 4.90 Å². The Hall–Kier alpha value is -8.55. The SMILES string of the molecule is Cc1cc(C)c(N(c2ccc(N(c3cc(-c4ccccc4)nc(-c4ccccc4)n3)c3nc(-c4ccccc4)nc(-c4cccc(-c5ccccc5)c4)n3)cc2)c2c(C)cc(C)cc2C)c(C)c1. The van der Waals surface area contributed by atoms with E-state index in [9.17, 15) is 0 Å². The van der Waals surface area contributed by atoms with Crippen molar-refractivity contribution in [2.45, 2.75) is 41.5 Å². The molecule has 68 heavy (non-hydrogen) atoms. The van der Waals surface area contributed by atoms with Crippen molar-refractivity contribution in [3.63, 3.8) is 0 Å². The van der Waals surface area contributed by atoms with Crippen LogP contribution in [-0.4, -0.2) is 24.9 Å². The number of aromatic nitrogens is 5. The highest BCUT2D eigenvalue weighted by Gasteiger charge is 2.25. The first-order chi connectivity index (χ1) is 33.2. The molecule has 0 aliphatic heterocycles. The van der Waals surface area contributed by atoms with Crippen molar-refractivity contribution < 1.29 is 0 Å². The normalized spacial score (nSPS) is 11.1. The van der Waals surface area contributed by atoms with E-state index in [1.807, 2.05) is 95.9 Å². The number of anilines is 6. The van der Waals surface area contributed by atoms with Crippen molar-refractivity contribution >= 4 is 34.5 Å². The number of aryl methyl sites for hydroxylation is 6. The van der Waals surface area contributed by atoms with E-state index in [-0.39, 0.29) is 0 Å². The van der Waals surface area contributed by atoms with E-state index in [0.29, 0.717) is 29.2 Å². The first kappa shape index (κ1) is 43.3. The third kappa shape index (κ3) is 8.90. The van der Waals surface area contributed by atoms with Gasteiger partial charge in [0.2, 0.25) is 5.95 Å². The van der Waals surface area contributed by atoms with Gasteiger partial charge in [0.15, 0.2) is 17.5 Å². The highest BCUT2D eigenvalue weighted by Crippen LogP contribution is 2.44. The molecule has 7 heteroatoms. The number of hydrogen-bond donors (Lipinski definition) is 0. The molecule has 0 bridgehead atoms. The molecule has 2 heterocycles. The molecule has 7 nitrogen and oxygen atoms in total. The van der Waals surface area contributed by atoms with Crippen molar-refractivity contribution in [2.24, 2.45) is 0 Å². The lowest BCUT2D eigenvalue weighted by Gasteiger charge is -2.32. The maximum Gasteiger partial charge on any atom is 0.239 e. The molecule has 0 atom stereocenters. The van der Waals surface area contributed by atoms with Crippen LogP contribution in [0.1, 0.15) is 33.4 Å².